The lowest BCUT2D eigenvalue weighted by molar-refractivity contribution is 0.277. The summed E-state index contributed by atoms with van der Waals surface area (Å²) >= 11 is 1.52. The third kappa shape index (κ3) is 3.52. The van der Waals surface area contributed by atoms with Crippen LogP contribution in [-0.2, 0) is 13.2 Å². The molecule has 23 heavy (non-hydrogen) atoms. The minimum absolute atomic E-state index is 0.0297. The molecule has 2 aromatic heterocycles. The number of rotatable bonds is 6. The molecule has 1 aromatic carbocycles. The topological polar surface area (TPSA) is 63.4 Å². The smallest absolute Gasteiger partial charge is 0.185 e. The number of ether oxygens (including phenoxy) is 1. The average molecular weight is 330 g/mol. The number of hydrogen-bond acceptors (Lipinski definition) is 6. The van der Waals surface area contributed by atoms with E-state index in [2.05, 4.69) is 10.1 Å². The molecule has 6 nitrogen and oxygen atoms in total. The third-order valence-corrected chi connectivity index (χ3v) is 4.41. The van der Waals surface area contributed by atoms with Crippen LogP contribution in [0.15, 0.2) is 42.0 Å². The fourth-order valence-electron chi connectivity index (χ4n) is 2.22. The van der Waals surface area contributed by atoms with Crippen molar-refractivity contribution in [2.75, 3.05) is 19.1 Å². The zero-order valence-electron chi connectivity index (χ0n) is 13.0. The maximum atomic E-state index is 9.10. The van der Waals surface area contributed by atoms with Crippen molar-refractivity contribution in [1.82, 2.24) is 14.8 Å². The van der Waals surface area contributed by atoms with Gasteiger partial charge >= 0.3 is 0 Å². The van der Waals surface area contributed by atoms with E-state index in [0.717, 1.165) is 22.1 Å². The molecule has 0 saturated carbocycles. The van der Waals surface area contributed by atoms with E-state index < -0.39 is 0 Å². The van der Waals surface area contributed by atoms with Crippen LogP contribution >= 0.6 is 11.3 Å². The molecule has 0 unspecified atom stereocenters. The Labute approximate surface area is 138 Å². The predicted molar refractivity (Wildman–Crippen MR) is 90.3 cm³/mol. The van der Waals surface area contributed by atoms with Crippen molar-refractivity contribution in [1.29, 1.82) is 0 Å². The van der Waals surface area contributed by atoms with Crippen LogP contribution in [0.1, 0.15) is 11.3 Å². The highest BCUT2D eigenvalue weighted by atomic mass is 32.1. The van der Waals surface area contributed by atoms with Gasteiger partial charge in [0.15, 0.2) is 5.13 Å². The van der Waals surface area contributed by atoms with Crippen LogP contribution in [0.3, 0.4) is 0 Å². The first kappa shape index (κ1) is 15.5. The van der Waals surface area contributed by atoms with E-state index >= 15 is 0 Å². The molecular weight excluding hydrogens is 312 g/mol. The number of thiazole rings is 1. The Morgan fingerprint density at radius 2 is 2.26 bits per heavy atom. The molecule has 0 fully saturated rings. The first-order valence-corrected chi connectivity index (χ1v) is 8.02. The van der Waals surface area contributed by atoms with Crippen molar-refractivity contribution >= 4 is 16.5 Å². The van der Waals surface area contributed by atoms with Crippen LogP contribution in [0.25, 0.3) is 5.69 Å². The molecule has 0 spiro atoms. The van der Waals surface area contributed by atoms with Gasteiger partial charge in [-0.15, -0.1) is 11.3 Å². The van der Waals surface area contributed by atoms with Gasteiger partial charge in [0.1, 0.15) is 5.75 Å². The van der Waals surface area contributed by atoms with E-state index in [-0.39, 0.29) is 6.61 Å². The SMILES string of the molecule is COc1cccc(-n2cc(CN(C)c3nc(CO)cs3)cn2)c1. The van der Waals surface area contributed by atoms with Crippen LogP contribution in [-0.4, -0.2) is 34.0 Å². The fraction of sp³-hybridized carbons (Fsp3) is 0.250. The Balaban J connectivity index is 1.73. The molecule has 0 saturated heterocycles. The second-order valence-corrected chi connectivity index (χ2v) is 5.97. The molecular formula is C16H18N4O2S. The van der Waals surface area contributed by atoms with Crippen LogP contribution in [0.2, 0.25) is 0 Å². The second kappa shape index (κ2) is 6.80. The Hall–Kier alpha value is -2.38. The van der Waals surface area contributed by atoms with Gasteiger partial charge in [0.25, 0.3) is 0 Å². The third-order valence-electron chi connectivity index (χ3n) is 3.40. The summed E-state index contributed by atoms with van der Waals surface area (Å²) in [6, 6.07) is 7.77. The van der Waals surface area contributed by atoms with E-state index in [1.165, 1.54) is 11.3 Å². The second-order valence-electron chi connectivity index (χ2n) is 5.13. The summed E-state index contributed by atoms with van der Waals surface area (Å²) in [5.41, 5.74) is 2.73. The van der Waals surface area contributed by atoms with Gasteiger partial charge in [-0.3, -0.25) is 0 Å². The average Bonchev–Trinajstić information content (AvgIpc) is 3.24. The number of hydrogen-bond donors (Lipinski definition) is 1. The molecule has 1 N–H and O–H groups in total. The zero-order valence-corrected chi connectivity index (χ0v) is 13.8. The molecule has 0 radical (unpaired) electrons. The number of aromatic nitrogens is 3. The number of nitrogens with zero attached hydrogens (tertiary/aromatic N) is 4. The van der Waals surface area contributed by atoms with Crippen molar-refractivity contribution in [2.24, 2.45) is 0 Å². The van der Waals surface area contributed by atoms with Crippen molar-refractivity contribution in [3.8, 4) is 11.4 Å². The van der Waals surface area contributed by atoms with Gasteiger partial charge in [-0.2, -0.15) is 5.10 Å². The first-order chi connectivity index (χ1) is 11.2. The summed E-state index contributed by atoms with van der Waals surface area (Å²) in [5.74, 6) is 0.802. The highest BCUT2D eigenvalue weighted by Crippen LogP contribution is 2.21. The van der Waals surface area contributed by atoms with E-state index in [9.17, 15) is 0 Å². The van der Waals surface area contributed by atoms with Crippen molar-refractivity contribution in [2.45, 2.75) is 13.2 Å². The van der Waals surface area contributed by atoms with Gasteiger partial charge in [0.05, 0.1) is 31.3 Å². The summed E-state index contributed by atoms with van der Waals surface area (Å²) < 4.78 is 7.07. The molecule has 3 aromatic rings. The number of benzene rings is 1. The molecule has 0 aliphatic carbocycles. The largest absolute Gasteiger partial charge is 0.497 e. The lowest BCUT2D eigenvalue weighted by Gasteiger charge is -2.14. The van der Waals surface area contributed by atoms with Gasteiger partial charge in [-0.05, 0) is 12.1 Å². The fourth-order valence-corrected chi connectivity index (χ4v) is 3.00. The maximum absolute atomic E-state index is 9.10. The normalized spacial score (nSPS) is 10.7. The molecule has 0 aliphatic heterocycles. The van der Waals surface area contributed by atoms with Gasteiger partial charge in [0, 0.05) is 36.8 Å². The lowest BCUT2D eigenvalue weighted by atomic mass is 10.3. The molecule has 0 bridgehead atoms. The van der Waals surface area contributed by atoms with Crippen molar-refractivity contribution in [3.05, 3.63) is 53.3 Å². The maximum Gasteiger partial charge on any atom is 0.185 e. The molecule has 3 rings (SSSR count). The van der Waals surface area contributed by atoms with Crippen molar-refractivity contribution in [3.63, 3.8) is 0 Å². The Morgan fingerprint density at radius 3 is 3.00 bits per heavy atom. The van der Waals surface area contributed by atoms with Crippen LogP contribution < -0.4 is 9.64 Å². The molecule has 2 heterocycles. The molecule has 0 amide bonds. The van der Waals surface area contributed by atoms with Crippen LogP contribution in [0.5, 0.6) is 5.75 Å². The molecule has 120 valence electrons. The molecule has 0 atom stereocenters. The highest BCUT2D eigenvalue weighted by Gasteiger charge is 2.09. The van der Waals surface area contributed by atoms with Crippen LogP contribution in [0.4, 0.5) is 5.13 Å². The van der Waals surface area contributed by atoms with Gasteiger partial charge in [-0.25, -0.2) is 9.67 Å². The minimum Gasteiger partial charge on any atom is -0.497 e. The highest BCUT2D eigenvalue weighted by molar-refractivity contribution is 7.13. The van der Waals surface area contributed by atoms with Crippen molar-refractivity contribution < 1.29 is 9.84 Å². The lowest BCUT2D eigenvalue weighted by Crippen LogP contribution is -2.15. The molecule has 0 aliphatic rings. The summed E-state index contributed by atoms with van der Waals surface area (Å²) in [4.78, 5) is 6.40. The zero-order chi connectivity index (χ0) is 16.2. The predicted octanol–water partition coefficient (Wildman–Crippen LogP) is 2.47. The Bertz CT molecular complexity index is 784. The van der Waals surface area contributed by atoms with Gasteiger partial charge < -0.3 is 14.7 Å². The number of aliphatic hydroxyl groups is 1. The van der Waals surface area contributed by atoms with E-state index in [1.807, 2.05) is 58.7 Å². The quantitative estimate of drug-likeness (QED) is 0.752. The summed E-state index contributed by atoms with van der Waals surface area (Å²) in [6.45, 7) is 0.667. The Morgan fingerprint density at radius 1 is 1.39 bits per heavy atom. The minimum atomic E-state index is -0.0297. The standard InChI is InChI=1S/C16H18N4O2S/c1-19(16-18-13(10-21)11-23-16)8-12-7-17-20(9-12)14-4-3-5-15(6-14)22-2/h3-7,9,11,21H,8,10H2,1-2H3. The van der Waals surface area contributed by atoms with Gasteiger partial charge in [-0.1, -0.05) is 6.07 Å². The number of anilines is 1. The Kier molecular flexibility index (Phi) is 4.59. The summed E-state index contributed by atoms with van der Waals surface area (Å²) in [7, 11) is 3.63. The van der Waals surface area contributed by atoms with E-state index in [1.54, 1.807) is 7.11 Å². The van der Waals surface area contributed by atoms with E-state index in [0.29, 0.717) is 12.2 Å². The summed E-state index contributed by atoms with van der Waals surface area (Å²) in [5, 5.41) is 16.2. The molecule has 7 heteroatoms. The summed E-state index contributed by atoms with van der Waals surface area (Å²) in [6.07, 6.45) is 3.84. The van der Waals surface area contributed by atoms with Gasteiger partial charge in [0.2, 0.25) is 0 Å². The monoisotopic (exact) mass is 330 g/mol. The van der Waals surface area contributed by atoms with Crippen LogP contribution in [0, 0.1) is 0 Å². The number of methoxy groups -OCH3 is 1. The number of aliphatic hydroxyl groups excluding tert-OH is 1. The first-order valence-electron chi connectivity index (χ1n) is 7.14. The van der Waals surface area contributed by atoms with E-state index in [4.69, 9.17) is 9.84 Å².